The summed E-state index contributed by atoms with van der Waals surface area (Å²) in [6.07, 6.45) is 4.46. The molecular weight excluding hydrogens is 232 g/mol. The van der Waals surface area contributed by atoms with E-state index in [1.54, 1.807) is 0 Å². The van der Waals surface area contributed by atoms with Gasteiger partial charge in [0.1, 0.15) is 0 Å². The van der Waals surface area contributed by atoms with Gasteiger partial charge in [-0.1, -0.05) is 6.92 Å². The van der Waals surface area contributed by atoms with Gasteiger partial charge in [0.05, 0.1) is 6.61 Å². The van der Waals surface area contributed by atoms with Crippen LogP contribution in [0.5, 0.6) is 0 Å². The Balaban J connectivity index is 2.69. The van der Waals surface area contributed by atoms with Crippen LogP contribution in [-0.2, 0) is 4.74 Å². The summed E-state index contributed by atoms with van der Waals surface area (Å²) < 4.78 is 5.56. The van der Waals surface area contributed by atoms with Crippen LogP contribution in [0.2, 0.25) is 0 Å². The van der Waals surface area contributed by atoms with E-state index in [2.05, 4.69) is 32.1 Å². The molecule has 0 spiro atoms. The molecule has 1 rings (SSSR count). The molecule has 0 radical (unpaired) electrons. The van der Waals surface area contributed by atoms with Crippen molar-refractivity contribution in [1.29, 1.82) is 0 Å². The number of rotatable bonds is 6. The Labute approximate surface area is 110 Å². The van der Waals surface area contributed by atoms with Crippen LogP contribution in [0.3, 0.4) is 0 Å². The number of thioether (sulfide) groups is 1. The first-order valence-electron chi connectivity index (χ1n) is 6.58. The maximum absolute atomic E-state index is 6.09. The molecule has 1 saturated heterocycles. The lowest BCUT2D eigenvalue weighted by Gasteiger charge is -2.50. The fraction of sp³-hybridized carbons (Fsp3) is 1.00. The van der Waals surface area contributed by atoms with Crippen molar-refractivity contribution < 1.29 is 4.74 Å². The summed E-state index contributed by atoms with van der Waals surface area (Å²) in [7, 11) is 2.24. The van der Waals surface area contributed by atoms with Crippen LogP contribution < -0.4 is 5.73 Å². The van der Waals surface area contributed by atoms with E-state index in [4.69, 9.17) is 10.5 Å². The Kier molecular flexibility index (Phi) is 6.27. The van der Waals surface area contributed by atoms with Crippen molar-refractivity contribution in [3.63, 3.8) is 0 Å². The van der Waals surface area contributed by atoms with Crippen molar-refractivity contribution in [2.45, 2.75) is 38.3 Å². The topological polar surface area (TPSA) is 38.5 Å². The van der Waals surface area contributed by atoms with Gasteiger partial charge in [0.15, 0.2) is 0 Å². The van der Waals surface area contributed by atoms with Crippen LogP contribution in [0, 0.1) is 5.92 Å². The second-order valence-electron chi connectivity index (χ2n) is 5.28. The van der Waals surface area contributed by atoms with Crippen LogP contribution >= 0.6 is 11.8 Å². The molecule has 102 valence electrons. The van der Waals surface area contributed by atoms with Crippen LogP contribution in [-0.4, -0.2) is 55.3 Å². The summed E-state index contributed by atoms with van der Waals surface area (Å²) >= 11 is 1.92. The predicted molar refractivity (Wildman–Crippen MR) is 76.6 cm³/mol. The van der Waals surface area contributed by atoms with Gasteiger partial charge in [0.25, 0.3) is 0 Å². The predicted octanol–water partition coefficient (Wildman–Crippen LogP) is 1.81. The van der Waals surface area contributed by atoms with Gasteiger partial charge in [-0.25, -0.2) is 0 Å². The first kappa shape index (κ1) is 15.3. The Morgan fingerprint density at radius 1 is 1.59 bits per heavy atom. The monoisotopic (exact) mass is 260 g/mol. The second-order valence-corrected chi connectivity index (χ2v) is 6.26. The number of hydrogen-bond acceptors (Lipinski definition) is 4. The maximum atomic E-state index is 6.09. The molecule has 2 N–H and O–H groups in total. The summed E-state index contributed by atoms with van der Waals surface area (Å²) in [5.41, 5.74) is 6.23. The van der Waals surface area contributed by atoms with Crippen LogP contribution in [0.25, 0.3) is 0 Å². The third kappa shape index (κ3) is 3.37. The van der Waals surface area contributed by atoms with Crippen molar-refractivity contribution in [1.82, 2.24) is 4.90 Å². The summed E-state index contributed by atoms with van der Waals surface area (Å²) in [6.45, 7) is 7.01. The van der Waals surface area contributed by atoms with Crippen molar-refractivity contribution in [2.24, 2.45) is 11.7 Å². The summed E-state index contributed by atoms with van der Waals surface area (Å²) in [5.74, 6) is 1.74. The van der Waals surface area contributed by atoms with E-state index in [0.717, 1.165) is 26.2 Å². The molecule has 1 fully saturated rings. The Morgan fingerprint density at radius 3 is 2.82 bits per heavy atom. The average Bonchev–Trinajstić information content (AvgIpc) is 2.36. The van der Waals surface area contributed by atoms with E-state index >= 15 is 0 Å². The Hall–Kier alpha value is 0.230. The zero-order chi connectivity index (χ0) is 12.9. The first-order valence-corrected chi connectivity index (χ1v) is 7.97. The summed E-state index contributed by atoms with van der Waals surface area (Å²) in [4.78, 5) is 2.51. The fourth-order valence-corrected chi connectivity index (χ4v) is 3.38. The van der Waals surface area contributed by atoms with Gasteiger partial charge in [-0.2, -0.15) is 11.8 Å². The summed E-state index contributed by atoms with van der Waals surface area (Å²) in [5, 5.41) is 0. The van der Waals surface area contributed by atoms with Crippen LogP contribution in [0.4, 0.5) is 0 Å². The highest BCUT2D eigenvalue weighted by Gasteiger charge is 2.42. The molecule has 3 nitrogen and oxygen atoms in total. The number of ether oxygens (including phenoxy) is 1. The largest absolute Gasteiger partial charge is 0.381 e. The summed E-state index contributed by atoms with van der Waals surface area (Å²) in [6, 6.07) is 0.589. The molecule has 0 aromatic rings. The second kappa shape index (κ2) is 6.98. The van der Waals surface area contributed by atoms with Gasteiger partial charge in [-0.05, 0) is 44.7 Å². The highest BCUT2D eigenvalue weighted by atomic mass is 32.2. The van der Waals surface area contributed by atoms with Crippen molar-refractivity contribution in [2.75, 3.05) is 38.8 Å². The molecule has 1 aliphatic heterocycles. The van der Waals surface area contributed by atoms with Crippen molar-refractivity contribution in [3.8, 4) is 0 Å². The maximum Gasteiger partial charge on any atom is 0.0509 e. The third-order valence-corrected chi connectivity index (χ3v) is 5.07. The van der Waals surface area contributed by atoms with Crippen LogP contribution in [0.1, 0.15) is 26.7 Å². The molecule has 0 saturated carbocycles. The highest BCUT2D eigenvalue weighted by Crippen LogP contribution is 2.33. The zero-order valence-electron chi connectivity index (χ0n) is 11.7. The van der Waals surface area contributed by atoms with E-state index in [1.807, 2.05) is 11.8 Å². The fourth-order valence-electron chi connectivity index (χ4n) is 2.80. The van der Waals surface area contributed by atoms with Gasteiger partial charge in [0, 0.05) is 24.7 Å². The number of nitrogens with zero attached hydrogens (tertiary/aromatic N) is 1. The molecule has 0 bridgehead atoms. The van der Waals surface area contributed by atoms with E-state index < -0.39 is 0 Å². The molecule has 0 aromatic carbocycles. The van der Waals surface area contributed by atoms with Crippen LogP contribution in [0.15, 0.2) is 0 Å². The number of nitrogens with two attached hydrogens (primary N) is 1. The molecule has 1 heterocycles. The van der Waals surface area contributed by atoms with Gasteiger partial charge >= 0.3 is 0 Å². The highest BCUT2D eigenvalue weighted by molar-refractivity contribution is 7.98. The molecule has 17 heavy (non-hydrogen) atoms. The quantitative estimate of drug-likeness (QED) is 0.790. The molecular formula is C13H28N2OS. The van der Waals surface area contributed by atoms with E-state index in [0.29, 0.717) is 12.0 Å². The molecule has 0 aromatic heterocycles. The Morgan fingerprint density at radius 2 is 2.29 bits per heavy atom. The zero-order valence-corrected chi connectivity index (χ0v) is 12.6. The number of hydrogen-bond donors (Lipinski definition) is 1. The van der Waals surface area contributed by atoms with Gasteiger partial charge in [-0.15, -0.1) is 0 Å². The first-order chi connectivity index (χ1) is 8.08. The SMILES string of the molecule is CSCCC(C)N(C)C1(CN)CCOCC1C. The minimum Gasteiger partial charge on any atom is -0.381 e. The lowest BCUT2D eigenvalue weighted by Crippen LogP contribution is -2.62. The van der Waals surface area contributed by atoms with E-state index in [-0.39, 0.29) is 5.54 Å². The lowest BCUT2D eigenvalue weighted by molar-refractivity contribution is -0.0690. The van der Waals surface area contributed by atoms with Gasteiger partial charge < -0.3 is 10.5 Å². The smallest absolute Gasteiger partial charge is 0.0509 e. The minimum atomic E-state index is 0.135. The van der Waals surface area contributed by atoms with E-state index in [1.165, 1.54) is 12.2 Å². The molecule has 4 heteroatoms. The molecule has 3 atom stereocenters. The molecule has 3 unspecified atom stereocenters. The van der Waals surface area contributed by atoms with E-state index in [9.17, 15) is 0 Å². The van der Waals surface area contributed by atoms with Crippen molar-refractivity contribution in [3.05, 3.63) is 0 Å². The number of likely N-dealkylation sites (N-methyl/N-ethyl adjacent to an activating group) is 1. The Bertz CT molecular complexity index is 227. The molecule has 0 aliphatic carbocycles. The average molecular weight is 260 g/mol. The third-order valence-electron chi connectivity index (χ3n) is 4.42. The normalized spacial score (nSPS) is 31.8. The van der Waals surface area contributed by atoms with Gasteiger partial charge in [-0.3, -0.25) is 4.90 Å². The standard InChI is InChI=1S/C13H28N2OS/c1-11-9-16-7-6-13(11,10-14)15(3)12(2)5-8-17-4/h11-12H,5-10,14H2,1-4H3. The minimum absolute atomic E-state index is 0.135. The van der Waals surface area contributed by atoms with Crippen molar-refractivity contribution >= 4 is 11.8 Å². The lowest BCUT2D eigenvalue weighted by atomic mass is 9.79. The molecule has 1 aliphatic rings. The van der Waals surface area contributed by atoms with Gasteiger partial charge in [0.2, 0.25) is 0 Å². The molecule has 0 amide bonds.